The number of hydrogen-bond donors (Lipinski definition) is 1. The van der Waals surface area contributed by atoms with Crippen LogP contribution < -0.4 is 5.32 Å². The maximum atomic E-state index is 13.3. The van der Waals surface area contributed by atoms with Crippen molar-refractivity contribution in [2.24, 2.45) is 0 Å². The molecular formula is C15H15BrFN. The molecule has 18 heavy (non-hydrogen) atoms. The van der Waals surface area contributed by atoms with Crippen LogP contribution in [-0.2, 0) is 13.1 Å². The Labute approximate surface area is 115 Å². The first-order valence-corrected chi connectivity index (χ1v) is 6.64. The topological polar surface area (TPSA) is 12.0 Å². The van der Waals surface area contributed by atoms with Crippen molar-refractivity contribution in [3.8, 4) is 0 Å². The molecule has 0 spiro atoms. The number of benzene rings is 2. The molecular weight excluding hydrogens is 293 g/mol. The highest BCUT2D eigenvalue weighted by Crippen LogP contribution is 2.12. The summed E-state index contributed by atoms with van der Waals surface area (Å²) in [5, 5.41) is 3.30. The van der Waals surface area contributed by atoms with E-state index in [1.807, 2.05) is 24.3 Å². The van der Waals surface area contributed by atoms with Crippen LogP contribution in [0.25, 0.3) is 0 Å². The summed E-state index contributed by atoms with van der Waals surface area (Å²) in [6, 6.07) is 13.5. The van der Waals surface area contributed by atoms with Crippen LogP contribution in [-0.4, -0.2) is 0 Å². The first kappa shape index (κ1) is 13.2. The highest BCUT2D eigenvalue weighted by molar-refractivity contribution is 9.10. The minimum atomic E-state index is -0.142. The fraction of sp³-hybridized carbons (Fsp3) is 0.200. The molecule has 0 heterocycles. The second-order valence-electron chi connectivity index (χ2n) is 4.32. The lowest BCUT2D eigenvalue weighted by atomic mass is 10.1. The van der Waals surface area contributed by atoms with Gasteiger partial charge >= 0.3 is 0 Å². The minimum absolute atomic E-state index is 0.142. The van der Waals surface area contributed by atoms with Crippen molar-refractivity contribution < 1.29 is 4.39 Å². The Morgan fingerprint density at radius 1 is 1.06 bits per heavy atom. The third kappa shape index (κ3) is 3.65. The van der Waals surface area contributed by atoms with Crippen LogP contribution in [0.3, 0.4) is 0 Å². The molecule has 94 valence electrons. The van der Waals surface area contributed by atoms with Gasteiger partial charge in [-0.25, -0.2) is 4.39 Å². The molecule has 0 unspecified atom stereocenters. The van der Waals surface area contributed by atoms with E-state index >= 15 is 0 Å². The Balaban J connectivity index is 1.90. The molecule has 0 radical (unpaired) electrons. The molecule has 0 fully saturated rings. The smallest absolute Gasteiger partial charge is 0.126 e. The van der Waals surface area contributed by atoms with Crippen LogP contribution in [0.4, 0.5) is 4.39 Å². The third-order valence-electron chi connectivity index (χ3n) is 2.78. The van der Waals surface area contributed by atoms with Crippen LogP contribution in [0.5, 0.6) is 0 Å². The van der Waals surface area contributed by atoms with E-state index in [-0.39, 0.29) is 5.82 Å². The number of nitrogens with one attached hydrogen (secondary N) is 1. The summed E-state index contributed by atoms with van der Waals surface area (Å²) in [5.41, 5.74) is 2.86. The van der Waals surface area contributed by atoms with Crippen molar-refractivity contribution in [3.63, 3.8) is 0 Å². The minimum Gasteiger partial charge on any atom is -0.309 e. The van der Waals surface area contributed by atoms with Gasteiger partial charge in [0, 0.05) is 17.6 Å². The average molecular weight is 308 g/mol. The SMILES string of the molecule is Cc1ccc(CNCc2cccc(Br)c2)cc1F. The first-order valence-electron chi connectivity index (χ1n) is 5.85. The fourth-order valence-electron chi connectivity index (χ4n) is 1.74. The lowest BCUT2D eigenvalue weighted by Crippen LogP contribution is -2.12. The molecule has 0 aliphatic rings. The molecule has 2 aromatic rings. The summed E-state index contributed by atoms with van der Waals surface area (Å²) in [5.74, 6) is -0.142. The van der Waals surface area contributed by atoms with Gasteiger partial charge in [-0.3, -0.25) is 0 Å². The van der Waals surface area contributed by atoms with E-state index in [9.17, 15) is 4.39 Å². The molecule has 0 aliphatic heterocycles. The molecule has 2 rings (SSSR count). The molecule has 1 nitrogen and oxygen atoms in total. The Hall–Kier alpha value is -1.19. The quantitative estimate of drug-likeness (QED) is 0.893. The Bertz CT molecular complexity index is 540. The zero-order valence-electron chi connectivity index (χ0n) is 10.2. The fourth-order valence-corrected chi connectivity index (χ4v) is 2.19. The Kier molecular flexibility index (Phi) is 4.50. The van der Waals surface area contributed by atoms with Crippen LogP contribution in [0.1, 0.15) is 16.7 Å². The molecule has 0 aliphatic carbocycles. The zero-order chi connectivity index (χ0) is 13.0. The van der Waals surface area contributed by atoms with Crippen molar-refractivity contribution in [1.82, 2.24) is 5.32 Å². The predicted molar refractivity (Wildman–Crippen MR) is 75.8 cm³/mol. The molecule has 3 heteroatoms. The third-order valence-corrected chi connectivity index (χ3v) is 3.28. The van der Waals surface area contributed by atoms with Crippen LogP contribution >= 0.6 is 15.9 Å². The molecule has 1 N–H and O–H groups in total. The van der Waals surface area contributed by atoms with Gasteiger partial charge in [0.05, 0.1) is 0 Å². The molecule has 0 atom stereocenters. The van der Waals surface area contributed by atoms with E-state index in [0.717, 1.165) is 16.6 Å². The van der Waals surface area contributed by atoms with Gasteiger partial charge in [-0.15, -0.1) is 0 Å². The zero-order valence-corrected chi connectivity index (χ0v) is 11.8. The van der Waals surface area contributed by atoms with E-state index < -0.39 is 0 Å². The van der Waals surface area contributed by atoms with Crippen LogP contribution in [0, 0.1) is 12.7 Å². The van der Waals surface area contributed by atoms with Crippen molar-refractivity contribution in [3.05, 3.63) is 69.4 Å². The van der Waals surface area contributed by atoms with E-state index in [0.29, 0.717) is 12.1 Å². The summed E-state index contributed by atoms with van der Waals surface area (Å²) in [6.45, 7) is 3.21. The van der Waals surface area contributed by atoms with Gasteiger partial charge in [-0.2, -0.15) is 0 Å². The lowest BCUT2D eigenvalue weighted by molar-refractivity contribution is 0.611. The molecule has 0 saturated heterocycles. The summed E-state index contributed by atoms with van der Waals surface area (Å²) in [6.07, 6.45) is 0. The van der Waals surface area contributed by atoms with Gasteiger partial charge in [0.2, 0.25) is 0 Å². The first-order chi connectivity index (χ1) is 8.65. The monoisotopic (exact) mass is 307 g/mol. The summed E-state index contributed by atoms with van der Waals surface area (Å²) < 4.78 is 14.4. The molecule has 0 saturated carbocycles. The predicted octanol–water partition coefficient (Wildman–Crippen LogP) is 4.19. The second kappa shape index (κ2) is 6.12. The number of hydrogen-bond acceptors (Lipinski definition) is 1. The highest BCUT2D eigenvalue weighted by atomic mass is 79.9. The normalized spacial score (nSPS) is 10.6. The van der Waals surface area contributed by atoms with Crippen LogP contribution in [0.2, 0.25) is 0 Å². The Morgan fingerprint density at radius 3 is 2.44 bits per heavy atom. The van der Waals surface area contributed by atoms with E-state index in [2.05, 4.69) is 33.4 Å². The average Bonchev–Trinajstić information content (AvgIpc) is 2.34. The van der Waals surface area contributed by atoms with Gasteiger partial charge < -0.3 is 5.32 Å². The van der Waals surface area contributed by atoms with Crippen molar-refractivity contribution >= 4 is 15.9 Å². The van der Waals surface area contributed by atoms with Crippen molar-refractivity contribution in [2.45, 2.75) is 20.0 Å². The number of aryl methyl sites for hydroxylation is 1. The molecule has 0 amide bonds. The Morgan fingerprint density at radius 2 is 1.78 bits per heavy atom. The van der Waals surface area contributed by atoms with Crippen LogP contribution in [0.15, 0.2) is 46.9 Å². The standard InChI is InChI=1S/C15H15BrFN/c1-11-5-6-13(8-15(11)17)10-18-9-12-3-2-4-14(16)7-12/h2-8,18H,9-10H2,1H3. The molecule has 2 aromatic carbocycles. The van der Waals surface area contributed by atoms with E-state index in [4.69, 9.17) is 0 Å². The maximum absolute atomic E-state index is 13.3. The van der Waals surface area contributed by atoms with E-state index in [1.54, 1.807) is 13.0 Å². The van der Waals surface area contributed by atoms with Crippen molar-refractivity contribution in [2.75, 3.05) is 0 Å². The second-order valence-corrected chi connectivity index (χ2v) is 5.23. The molecule has 0 aromatic heterocycles. The van der Waals surface area contributed by atoms with Gasteiger partial charge in [0.25, 0.3) is 0 Å². The highest BCUT2D eigenvalue weighted by Gasteiger charge is 1.99. The van der Waals surface area contributed by atoms with Gasteiger partial charge in [0.1, 0.15) is 5.82 Å². The maximum Gasteiger partial charge on any atom is 0.126 e. The van der Waals surface area contributed by atoms with Gasteiger partial charge in [-0.05, 0) is 41.8 Å². The lowest BCUT2D eigenvalue weighted by Gasteiger charge is -2.06. The van der Waals surface area contributed by atoms with E-state index in [1.165, 1.54) is 5.56 Å². The number of halogens is 2. The van der Waals surface area contributed by atoms with Gasteiger partial charge in [-0.1, -0.05) is 40.2 Å². The van der Waals surface area contributed by atoms with Gasteiger partial charge in [0.15, 0.2) is 0 Å². The summed E-state index contributed by atoms with van der Waals surface area (Å²) in [4.78, 5) is 0. The summed E-state index contributed by atoms with van der Waals surface area (Å²) >= 11 is 3.44. The summed E-state index contributed by atoms with van der Waals surface area (Å²) in [7, 11) is 0. The largest absolute Gasteiger partial charge is 0.309 e. The van der Waals surface area contributed by atoms with Crippen molar-refractivity contribution in [1.29, 1.82) is 0 Å². The molecule has 0 bridgehead atoms. The number of rotatable bonds is 4.